The highest BCUT2D eigenvalue weighted by atomic mass is 35.5. The Morgan fingerprint density at radius 2 is 1.79 bits per heavy atom. The molecule has 0 saturated carbocycles. The van der Waals surface area contributed by atoms with E-state index >= 15 is 0 Å². The van der Waals surface area contributed by atoms with Crippen LogP contribution >= 0.6 is 23.2 Å². The lowest BCUT2D eigenvalue weighted by atomic mass is 10.0. The standard InChI is InChI=1S/C26H20Cl2N4O2/c1-3-34-25(33)22-14-20-15(2)10-11-21-23(20)24(30-22)32(19-9-5-7-17(28)13-19)26(31-21)29-18-8-4-6-16(27)12-18/h4-14H,3H2,1-2H3,(H,29,31). The van der Waals surface area contributed by atoms with Gasteiger partial charge in [0.05, 0.1) is 23.4 Å². The van der Waals surface area contributed by atoms with Crippen molar-refractivity contribution in [1.82, 2.24) is 4.98 Å². The van der Waals surface area contributed by atoms with Gasteiger partial charge in [-0.05, 0) is 73.3 Å². The third-order valence-corrected chi connectivity index (χ3v) is 5.92. The van der Waals surface area contributed by atoms with Crippen LogP contribution in [0, 0.1) is 6.92 Å². The molecule has 0 fully saturated rings. The highest BCUT2D eigenvalue weighted by Gasteiger charge is 2.29. The number of anilines is 3. The molecule has 0 spiro atoms. The average molecular weight is 491 g/mol. The van der Waals surface area contributed by atoms with E-state index in [0.717, 1.165) is 33.4 Å². The topological polar surface area (TPSA) is 66.8 Å². The van der Waals surface area contributed by atoms with Crippen LogP contribution < -0.4 is 10.2 Å². The number of pyridine rings is 1. The summed E-state index contributed by atoms with van der Waals surface area (Å²) in [6.07, 6.45) is 0. The number of carbonyl (C=O) groups excluding carboxylic acids is 1. The van der Waals surface area contributed by atoms with Crippen molar-refractivity contribution in [2.24, 2.45) is 4.99 Å². The third kappa shape index (κ3) is 4.06. The molecule has 4 aromatic rings. The van der Waals surface area contributed by atoms with Crippen LogP contribution in [0.3, 0.4) is 0 Å². The number of halogens is 2. The summed E-state index contributed by atoms with van der Waals surface area (Å²) in [5.41, 5.74) is 3.46. The number of carbonyl (C=O) groups is 1. The molecule has 170 valence electrons. The van der Waals surface area contributed by atoms with E-state index in [1.54, 1.807) is 25.1 Å². The fraction of sp³-hybridized carbons (Fsp3) is 0.115. The Morgan fingerprint density at radius 3 is 2.53 bits per heavy atom. The van der Waals surface area contributed by atoms with Crippen LogP contribution in [0.25, 0.3) is 10.8 Å². The molecule has 1 N–H and O–H groups in total. The van der Waals surface area contributed by atoms with Crippen LogP contribution in [-0.4, -0.2) is 23.5 Å². The van der Waals surface area contributed by atoms with E-state index in [0.29, 0.717) is 21.8 Å². The number of esters is 1. The molecule has 0 unspecified atom stereocenters. The van der Waals surface area contributed by atoms with Gasteiger partial charge in [-0.25, -0.2) is 14.8 Å². The Hall–Kier alpha value is -3.61. The number of aliphatic imine (C=N–C) groups is 1. The van der Waals surface area contributed by atoms with Crippen LogP contribution in [0.1, 0.15) is 23.0 Å². The molecule has 0 amide bonds. The number of hydrogen-bond acceptors (Lipinski definition) is 6. The summed E-state index contributed by atoms with van der Waals surface area (Å²) >= 11 is 12.6. The summed E-state index contributed by atoms with van der Waals surface area (Å²) in [7, 11) is 0. The molecule has 6 nitrogen and oxygen atoms in total. The smallest absolute Gasteiger partial charge is 0.357 e. The van der Waals surface area contributed by atoms with Gasteiger partial charge in [-0.2, -0.15) is 0 Å². The molecule has 0 bridgehead atoms. The minimum absolute atomic E-state index is 0.223. The maximum absolute atomic E-state index is 12.7. The van der Waals surface area contributed by atoms with Crippen LogP contribution in [0.15, 0.2) is 71.7 Å². The van der Waals surface area contributed by atoms with E-state index < -0.39 is 5.97 Å². The number of benzene rings is 3. The van der Waals surface area contributed by atoms with Crippen LogP contribution in [0.4, 0.5) is 22.9 Å². The number of aryl methyl sites for hydroxylation is 1. The van der Waals surface area contributed by atoms with Gasteiger partial charge < -0.3 is 10.1 Å². The SMILES string of the molecule is CCOC(=O)c1cc2c(C)ccc3c2c(n1)N(c1cccc(Cl)c1)C(Nc1cccc(Cl)c1)=N3. The van der Waals surface area contributed by atoms with Crippen LogP contribution in [0.2, 0.25) is 10.0 Å². The summed E-state index contributed by atoms with van der Waals surface area (Å²) in [6, 6.07) is 20.4. The minimum atomic E-state index is -0.483. The lowest BCUT2D eigenvalue weighted by Gasteiger charge is -2.31. The molecule has 0 aliphatic carbocycles. The van der Waals surface area contributed by atoms with Crippen LogP contribution in [0.5, 0.6) is 0 Å². The molecule has 1 aromatic heterocycles. The first kappa shape index (κ1) is 22.2. The Bertz CT molecular complexity index is 1470. The van der Waals surface area contributed by atoms with E-state index in [9.17, 15) is 4.79 Å². The van der Waals surface area contributed by atoms with Crippen molar-refractivity contribution in [3.63, 3.8) is 0 Å². The zero-order valence-electron chi connectivity index (χ0n) is 18.5. The van der Waals surface area contributed by atoms with Gasteiger partial charge in [0.15, 0.2) is 11.5 Å². The minimum Gasteiger partial charge on any atom is -0.461 e. The zero-order valence-corrected chi connectivity index (χ0v) is 20.0. The molecule has 8 heteroatoms. The third-order valence-electron chi connectivity index (χ3n) is 5.45. The number of hydrogen-bond donors (Lipinski definition) is 1. The first-order chi connectivity index (χ1) is 16.4. The number of nitrogens with zero attached hydrogens (tertiary/aromatic N) is 3. The van der Waals surface area contributed by atoms with Gasteiger partial charge in [0, 0.05) is 15.7 Å². The molecule has 5 rings (SSSR count). The molecule has 1 aliphatic rings. The van der Waals surface area contributed by atoms with E-state index in [1.165, 1.54) is 0 Å². The number of ether oxygens (including phenoxy) is 1. The molecule has 0 atom stereocenters. The molecular weight excluding hydrogens is 471 g/mol. The molecule has 1 aliphatic heterocycles. The van der Waals surface area contributed by atoms with E-state index in [1.807, 2.05) is 60.4 Å². The molecule has 3 aromatic carbocycles. The van der Waals surface area contributed by atoms with Crippen molar-refractivity contribution >= 4 is 68.8 Å². The Morgan fingerprint density at radius 1 is 1.03 bits per heavy atom. The summed E-state index contributed by atoms with van der Waals surface area (Å²) in [4.78, 5) is 24.2. The van der Waals surface area contributed by atoms with Gasteiger partial charge in [-0.3, -0.25) is 4.90 Å². The first-order valence-electron chi connectivity index (χ1n) is 10.7. The summed E-state index contributed by atoms with van der Waals surface area (Å²) in [6.45, 7) is 4.02. The summed E-state index contributed by atoms with van der Waals surface area (Å²) in [5.74, 6) is 0.570. The van der Waals surface area contributed by atoms with E-state index in [-0.39, 0.29) is 12.3 Å². The van der Waals surface area contributed by atoms with Gasteiger partial charge in [-0.15, -0.1) is 0 Å². The van der Waals surface area contributed by atoms with Crippen molar-refractivity contribution in [1.29, 1.82) is 0 Å². The first-order valence-corrected chi connectivity index (χ1v) is 11.5. The van der Waals surface area contributed by atoms with Gasteiger partial charge in [0.1, 0.15) is 0 Å². The highest BCUT2D eigenvalue weighted by molar-refractivity contribution is 6.31. The van der Waals surface area contributed by atoms with Crippen molar-refractivity contribution in [3.05, 3.63) is 88.0 Å². The Labute approximate surface area is 206 Å². The van der Waals surface area contributed by atoms with Gasteiger partial charge in [-0.1, -0.05) is 41.4 Å². The molecule has 0 saturated heterocycles. The molecule has 0 radical (unpaired) electrons. The highest BCUT2D eigenvalue weighted by Crippen LogP contribution is 2.43. The Kier molecular flexibility index (Phi) is 5.86. The van der Waals surface area contributed by atoms with E-state index in [2.05, 4.69) is 5.32 Å². The normalized spacial score (nSPS) is 12.5. The second kappa shape index (κ2) is 8.97. The van der Waals surface area contributed by atoms with Gasteiger partial charge >= 0.3 is 5.97 Å². The second-order valence-corrected chi connectivity index (χ2v) is 8.63. The van der Waals surface area contributed by atoms with Crippen molar-refractivity contribution in [3.8, 4) is 0 Å². The largest absolute Gasteiger partial charge is 0.461 e. The molecule has 2 heterocycles. The van der Waals surface area contributed by atoms with Gasteiger partial charge in [0.25, 0.3) is 0 Å². The lowest BCUT2D eigenvalue weighted by Crippen LogP contribution is -2.35. The number of guanidine groups is 1. The maximum Gasteiger partial charge on any atom is 0.357 e. The summed E-state index contributed by atoms with van der Waals surface area (Å²) in [5, 5.41) is 6.23. The van der Waals surface area contributed by atoms with Crippen molar-refractivity contribution < 1.29 is 9.53 Å². The average Bonchev–Trinajstić information content (AvgIpc) is 2.81. The van der Waals surface area contributed by atoms with Gasteiger partial charge in [0.2, 0.25) is 5.96 Å². The van der Waals surface area contributed by atoms with Crippen molar-refractivity contribution in [2.75, 3.05) is 16.8 Å². The van der Waals surface area contributed by atoms with Crippen LogP contribution in [-0.2, 0) is 4.74 Å². The van der Waals surface area contributed by atoms with Crippen molar-refractivity contribution in [2.45, 2.75) is 13.8 Å². The number of rotatable bonds is 4. The maximum atomic E-state index is 12.7. The fourth-order valence-corrected chi connectivity index (χ4v) is 4.31. The lowest BCUT2D eigenvalue weighted by molar-refractivity contribution is 0.0520. The number of nitrogens with one attached hydrogen (secondary N) is 1. The molecule has 34 heavy (non-hydrogen) atoms. The zero-order chi connectivity index (χ0) is 23.8. The predicted octanol–water partition coefficient (Wildman–Crippen LogP) is 7.28. The van der Waals surface area contributed by atoms with E-state index in [4.69, 9.17) is 37.9 Å². The second-order valence-electron chi connectivity index (χ2n) is 7.76. The fourth-order valence-electron chi connectivity index (χ4n) is 3.94. The quantitative estimate of drug-likeness (QED) is 0.304. The molecular formula is C26H20Cl2N4O2. The summed E-state index contributed by atoms with van der Waals surface area (Å²) < 4.78 is 5.26. The predicted molar refractivity (Wildman–Crippen MR) is 138 cm³/mol. The Balaban J connectivity index is 1.77. The monoisotopic (exact) mass is 490 g/mol. The number of aromatic nitrogens is 1.